The topological polar surface area (TPSA) is 35.2 Å². The highest BCUT2D eigenvalue weighted by atomic mass is 19.4. The summed E-state index contributed by atoms with van der Waals surface area (Å²) in [4.78, 5) is 0. The van der Waals surface area contributed by atoms with Crippen molar-refractivity contribution in [3.8, 4) is 0 Å². The molecule has 19 heavy (non-hydrogen) atoms. The highest BCUT2D eigenvalue weighted by molar-refractivity contribution is 5.31. The van der Waals surface area contributed by atoms with Gasteiger partial charge in [0, 0.05) is 12.6 Å². The molecule has 0 heterocycles. The Hall–Kier alpha value is -1.07. The molecule has 0 aromatic heterocycles. The van der Waals surface area contributed by atoms with Gasteiger partial charge in [-0.15, -0.1) is 0 Å². The van der Waals surface area contributed by atoms with Crippen LogP contribution in [0.3, 0.4) is 0 Å². The summed E-state index contributed by atoms with van der Waals surface area (Å²) in [6, 6.07) is 5.92. The van der Waals surface area contributed by atoms with Crippen LogP contribution in [0.25, 0.3) is 0 Å². The number of nitrogens with two attached hydrogens (primary N) is 1. The minimum absolute atomic E-state index is 0.0333. The molecule has 2 N–H and O–H groups in total. The van der Waals surface area contributed by atoms with Crippen LogP contribution in [-0.2, 0) is 11.2 Å². The molecule has 0 saturated heterocycles. The van der Waals surface area contributed by atoms with Crippen LogP contribution >= 0.6 is 0 Å². The first-order valence-corrected chi connectivity index (χ1v) is 6.24. The fourth-order valence-electron chi connectivity index (χ4n) is 1.83. The normalized spacial score (nSPS) is 13.6. The smallest absolute Gasteiger partial charge is 0.372 e. The zero-order chi connectivity index (χ0) is 14.5. The van der Waals surface area contributed by atoms with E-state index >= 15 is 0 Å². The molecule has 0 radical (unpaired) electrons. The molecule has 0 aliphatic rings. The highest BCUT2D eigenvalue weighted by Gasteiger charge is 2.27. The van der Waals surface area contributed by atoms with Crippen LogP contribution in [0.4, 0.5) is 13.2 Å². The molecule has 1 rings (SSSR count). The molecule has 0 fully saturated rings. The molecule has 1 atom stereocenters. The molecule has 1 aromatic carbocycles. The van der Waals surface area contributed by atoms with E-state index in [1.165, 1.54) is 0 Å². The van der Waals surface area contributed by atoms with E-state index < -0.39 is 12.8 Å². The minimum Gasteiger partial charge on any atom is -0.372 e. The van der Waals surface area contributed by atoms with Gasteiger partial charge in [0.2, 0.25) is 0 Å². The number of ether oxygens (including phenoxy) is 1. The summed E-state index contributed by atoms with van der Waals surface area (Å²) >= 11 is 0. The number of halogens is 3. The van der Waals surface area contributed by atoms with Gasteiger partial charge in [0.05, 0.1) is 0 Å². The van der Waals surface area contributed by atoms with Crippen LogP contribution in [0.2, 0.25) is 0 Å². The third-order valence-electron chi connectivity index (χ3n) is 2.89. The average molecular weight is 275 g/mol. The summed E-state index contributed by atoms with van der Waals surface area (Å²) in [5.41, 5.74) is 9.36. The maximum Gasteiger partial charge on any atom is 0.411 e. The summed E-state index contributed by atoms with van der Waals surface area (Å²) in [5.74, 6) is 0. The Kier molecular flexibility index (Phi) is 5.82. The second-order valence-electron chi connectivity index (χ2n) is 4.85. The Morgan fingerprint density at radius 2 is 1.95 bits per heavy atom. The van der Waals surface area contributed by atoms with Crippen molar-refractivity contribution in [2.75, 3.05) is 13.2 Å². The predicted molar refractivity (Wildman–Crippen MR) is 69.1 cm³/mol. The third-order valence-corrected chi connectivity index (χ3v) is 2.89. The van der Waals surface area contributed by atoms with Crippen LogP contribution in [0.15, 0.2) is 18.2 Å². The second-order valence-corrected chi connectivity index (χ2v) is 4.85. The molecule has 1 aromatic rings. The van der Waals surface area contributed by atoms with Gasteiger partial charge in [-0.1, -0.05) is 23.8 Å². The van der Waals surface area contributed by atoms with Gasteiger partial charge in [0.25, 0.3) is 0 Å². The molecule has 0 aliphatic carbocycles. The summed E-state index contributed by atoms with van der Waals surface area (Å²) < 4.78 is 40.2. The minimum atomic E-state index is -4.27. The first-order valence-electron chi connectivity index (χ1n) is 6.24. The standard InChI is InChI=1S/C14H20F3NO/c1-10-3-4-11(2)12(7-10)8-13(18)5-6-19-9-14(15,16)17/h3-4,7,13H,5-6,8-9,18H2,1-2H3. The number of alkyl halides is 3. The van der Waals surface area contributed by atoms with Crippen LogP contribution in [0.5, 0.6) is 0 Å². The SMILES string of the molecule is Cc1ccc(C)c(CC(N)CCOCC(F)(F)F)c1. The van der Waals surface area contributed by atoms with Crippen molar-refractivity contribution in [3.63, 3.8) is 0 Å². The highest BCUT2D eigenvalue weighted by Crippen LogP contribution is 2.15. The van der Waals surface area contributed by atoms with Gasteiger partial charge in [0.15, 0.2) is 0 Å². The van der Waals surface area contributed by atoms with Crippen LogP contribution in [0, 0.1) is 13.8 Å². The molecule has 0 spiro atoms. The van der Waals surface area contributed by atoms with Crippen molar-refractivity contribution in [1.29, 1.82) is 0 Å². The van der Waals surface area contributed by atoms with Crippen molar-refractivity contribution in [2.24, 2.45) is 5.73 Å². The van der Waals surface area contributed by atoms with Crippen molar-refractivity contribution in [2.45, 2.75) is 38.9 Å². The first kappa shape index (κ1) is 16.0. The lowest BCUT2D eigenvalue weighted by molar-refractivity contribution is -0.174. The summed E-state index contributed by atoms with van der Waals surface area (Å²) in [7, 11) is 0. The second kappa shape index (κ2) is 6.91. The Labute approximate surface area is 111 Å². The summed E-state index contributed by atoms with van der Waals surface area (Å²) in [6.45, 7) is 2.83. The summed E-state index contributed by atoms with van der Waals surface area (Å²) in [5, 5.41) is 0. The molecule has 0 amide bonds. The van der Waals surface area contributed by atoms with Crippen molar-refractivity contribution >= 4 is 0 Å². The van der Waals surface area contributed by atoms with E-state index in [1.807, 2.05) is 26.0 Å². The maximum absolute atomic E-state index is 11.9. The van der Waals surface area contributed by atoms with E-state index in [0.717, 1.165) is 16.7 Å². The molecule has 108 valence electrons. The summed E-state index contributed by atoms with van der Waals surface area (Å²) in [6.07, 6.45) is -3.19. The Morgan fingerprint density at radius 1 is 1.26 bits per heavy atom. The lowest BCUT2D eigenvalue weighted by Crippen LogP contribution is -2.26. The molecular weight excluding hydrogens is 255 g/mol. The van der Waals surface area contributed by atoms with E-state index in [9.17, 15) is 13.2 Å². The van der Waals surface area contributed by atoms with Crippen molar-refractivity contribution in [1.82, 2.24) is 0 Å². The Balaban J connectivity index is 2.35. The van der Waals surface area contributed by atoms with E-state index in [4.69, 9.17) is 5.73 Å². The quantitative estimate of drug-likeness (QED) is 0.809. The zero-order valence-corrected chi connectivity index (χ0v) is 11.3. The van der Waals surface area contributed by atoms with E-state index in [-0.39, 0.29) is 12.6 Å². The Bertz CT molecular complexity index is 404. The molecule has 5 heteroatoms. The van der Waals surface area contributed by atoms with Gasteiger partial charge in [-0.3, -0.25) is 0 Å². The van der Waals surface area contributed by atoms with Gasteiger partial charge in [0.1, 0.15) is 6.61 Å². The first-order chi connectivity index (χ1) is 8.78. The molecule has 0 aliphatic heterocycles. The fraction of sp³-hybridized carbons (Fsp3) is 0.571. The Morgan fingerprint density at radius 3 is 2.58 bits per heavy atom. The fourth-order valence-corrected chi connectivity index (χ4v) is 1.83. The monoisotopic (exact) mass is 275 g/mol. The number of rotatable bonds is 6. The van der Waals surface area contributed by atoms with Gasteiger partial charge < -0.3 is 10.5 Å². The lowest BCUT2D eigenvalue weighted by atomic mass is 9.98. The van der Waals surface area contributed by atoms with Gasteiger partial charge in [-0.05, 0) is 37.8 Å². The largest absolute Gasteiger partial charge is 0.411 e. The number of benzene rings is 1. The third kappa shape index (κ3) is 6.59. The van der Waals surface area contributed by atoms with Gasteiger partial charge >= 0.3 is 6.18 Å². The van der Waals surface area contributed by atoms with Crippen LogP contribution in [-0.4, -0.2) is 25.4 Å². The molecule has 0 saturated carbocycles. The van der Waals surface area contributed by atoms with E-state index in [2.05, 4.69) is 10.8 Å². The molecular formula is C14H20F3NO. The van der Waals surface area contributed by atoms with Crippen LogP contribution < -0.4 is 5.73 Å². The average Bonchev–Trinajstić information content (AvgIpc) is 2.28. The predicted octanol–water partition coefficient (Wildman–Crippen LogP) is 3.14. The van der Waals surface area contributed by atoms with Crippen LogP contribution in [0.1, 0.15) is 23.1 Å². The van der Waals surface area contributed by atoms with E-state index in [1.54, 1.807) is 0 Å². The number of aryl methyl sites for hydroxylation is 2. The van der Waals surface area contributed by atoms with Gasteiger partial charge in [-0.25, -0.2) is 0 Å². The molecule has 2 nitrogen and oxygen atoms in total. The maximum atomic E-state index is 11.9. The number of hydrogen-bond acceptors (Lipinski definition) is 2. The van der Waals surface area contributed by atoms with E-state index in [0.29, 0.717) is 12.8 Å². The zero-order valence-electron chi connectivity index (χ0n) is 11.3. The lowest BCUT2D eigenvalue weighted by Gasteiger charge is -2.14. The number of hydrogen-bond donors (Lipinski definition) is 1. The molecule has 1 unspecified atom stereocenters. The van der Waals surface area contributed by atoms with Gasteiger partial charge in [-0.2, -0.15) is 13.2 Å². The van der Waals surface area contributed by atoms with Crippen molar-refractivity contribution < 1.29 is 17.9 Å². The molecule has 0 bridgehead atoms. The van der Waals surface area contributed by atoms with Crippen molar-refractivity contribution in [3.05, 3.63) is 34.9 Å².